The Morgan fingerprint density at radius 2 is 1.88 bits per heavy atom. The van der Waals surface area contributed by atoms with Crippen LogP contribution in [0.1, 0.15) is 25.7 Å². The molecular weight excluding hydrogens is 228 g/mol. The van der Waals surface area contributed by atoms with E-state index in [0.29, 0.717) is 18.5 Å². The monoisotopic (exact) mass is 241 g/mol. The smallest absolute Gasteiger partial charge is 0.329 e. The van der Waals surface area contributed by atoms with Gasteiger partial charge in [0.1, 0.15) is 5.54 Å². The molecule has 0 unspecified atom stereocenters. The molecule has 0 amide bonds. The van der Waals surface area contributed by atoms with E-state index in [9.17, 15) is 18.7 Å². The maximum absolute atomic E-state index is 13.0. The van der Waals surface area contributed by atoms with Crippen molar-refractivity contribution in [3.05, 3.63) is 29.8 Å². The number of carbonyl (C=O) groups is 1. The molecular formula is C12H13F2NO2. The van der Waals surface area contributed by atoms with Crippen molar-refractivity contribution in [2.75, 3.05) is 5.32 Å². The highest BCUT2D eigenvalue weighted by atomic mass is 19.2. The molecule has 1 saturated carbocycles. The largest absolute Gasteiger partial charge is 0.480 e. The summed E-state index contributed by atoms with van der Waals surface area (Å²) in [6, 6.07) is 3.32. The molecule has 0 aliphatic heterocycles. The number of carboxylic acids is 1. The number of nitrogens with one attached hydrogen (secondary N) is 1. The number of halogens is 2. The SMILES string of the molecule is O=C(O)C1(Nc2ccc(F)c(F)c2)CCCC1. The number of anilines is 1. The molecule has 5 heteroatoms. The van der Waals surface area contributed by atoms with Crippen LogP contribution in [0.5, 0.6) is 0 Å². The van der Waals surface area contributed by atoms with Crippen LogP contribution in [0.2, 0.25) is 0 Å². The zero-order valence-electron chi connectivity index (χ0n) is 9.17. The van der Waals surface area contributed by atoms with Crippen molar-refractivity contribution >= 4 is 11.7 Å². The van der Waals surface area contributed by atoms with Gasteiger partial charge in [-0.25, -0.2) is 13.6 Å². The van der Waals surface area contributed by atoms with Gasteiger partial charge in [0.25, 0.3) is 0 Å². The predicted molar refractivity (Wildman–Crippen MR) is 58.8 cm³/mol. The van der Waals surface area contributed by atoms with Crippen LogP contribution in [0.4, 0.5) is 14.5 Å². The standard InChI is InChI=1S/C12H13F2NO2/c13-9-4-3-8(7-10(9)14)15-12(11(16)17)5-1-2-6-12/h3-4,7,15H,1-2,5-6H2,(H,16,17). The molecule has 17 heavy (non-hydrogen) atoms. The summed E-state index contributed by atoms with van der Waals surface area (Å²) < 4.78 is 25.8. The van der Waals surface area contributed by atoms with E-state index < -0.39 is 23.1 Å². The minimum absolute atomic E-state index is 0.299. The Hall–Kier alpha value is -1.65. The molecule has 1 aliphatic carbocycles. The number of hydrogen-bond donors (Lipinski definition) is 2. The van der Waals surface area contributed by atoms with Crippen molar-refractivity contribution in [3.63, 3.8) is 0 Å². The Morgan fingerprint density at radius 1 is 1.24 bits per heavy atom. The van der Waals surface area contributed by atoms with Crippen LogP contribution in [-0.4, -0.2) is 16.6 Å². The summed E-state index contributed by atoms with van der Waals surface area (Å²) in [5.74, 6) is -2.86. The van der Waals surface area contributed by atoms with E-state index in [0.717, 1.165) is 25.0 Å². The molecule has 0 aromatic heterocycles. The number of hydrogen-bond acceptors (Lipinski definition) is 2. The Balaban J connectivity index is 2.23. The summed E-state index contributed by atoms with van der Waals surface area (Å²) in [4.78, 5) is 11.2. The van der Waals surface area contributed by atoms with Crippen LogP contribution < -0.4 is 5.32 Å². The third-order valence-electron chi connectivity index (χ3n) is 3.17. The average Bonchev–Trinajstić information content (AvgIpc) is 2.73. The first-order valence-electron chi connectivity index (χ1n) is 5.50. The second-order valence-corrected chi connectivity index (χ2v) is 4.35. The van der Waals surface area contributed by atoms with Gasteiger partial charge in [-0.15, -0.1) is 0 Å². The van der Waals surface area contributed by atoms with Gasteiger partial charge in [-0.2, -0.15) is 0 Å². The molecule has 0 bridgehead atoms. The lowest BCUT2D eigenvalue weighted by molar-refractivity contribution is -0.142. The van der Waals surface area contributed by atoms with Gasteiger partial charge in [0.2, 0.25) is 0 Å². The normalized spacial score (nSPS) is 18.0. The zero-order valence-corrected chi connectivity index (χ0v) is 9.17. The molecule has 92 valence electrons. The lowest BCUT2D eigenvalue weighted by Crippen LogP contribution is -2.43. The number of aliphatic carboxylic acids is 1. The van der Waals surface area contributed by atoms with Crippen molar-refractivity contribution < 1.29 is 18.7 Å². The Bertz CT molecular complexity index is 442. The minimum Gasteiger partial charge on any atom is -0.480 e. The summed E-state index contributed by atoms with van der Waals surface area (Å²) in [5.41, 5.74) is -0.738. The van der Waals surface area contributed by atoms with E-state index in [-0.39, 0.29) is 0 Å². The fourth-order valence-corrected chi connectivity index (χ4v) is 2.22. The van der Waals surface area contributed by atoms with Crippen LogP contribution in [0, 0.1) is 11.6 Å². The van der Waals surface area contributed by atoms with E-state index in [4.69, 9.17) is 0 Å². The molecule has 3 nitrogen and oxygen atoms in total. The molecule has 2 N–H and O–H groups in total. The average molecular weight is 241 g/mol. The van der Waals surface area contributed by atoms with Crippen molar-refractivity contribution in [3.8, 4) is 0 Å². The summed E-state index contributed by atoms with van der Waals surface area (Å²) in [7, 11) is 0. The van der Waals surface area contributed by atoms with Gasteiger partial charge in [-0.3, -0.25) is 0 Å². The fourth-order valence-electron chi connectivity index (χ4n) is 2.22. The van der Waals surface area contributed by atoms with Gasteiger partial charge >= 0.3 is 5.97 Å². The van der Waals surface area contributed by atoms with E-state index in [2.05, 4.69) is 5.32 Å². The highest BCUT2D eigenvalue weighted by Crippen LogP contribution is 2.33. The first kappa shape index (κ1) is 11.8. The van der Waals surface area contributed by atoms with Gasteiger partial charge in [0.15, 0.2) is 11.6 Å². The molecule has 0 spiro atoms. The van der Waals surface area contributed by atoms with Gasteiger partial charge < -0.3 is 10.4 Å². The van der Waals surface area contributed by atoms with E-state index in [1.165, 1.54) is 6.07 Å². The maximum atomic E-state index is 13.0. The lowest BCUT2D eigenvalue weighted by Gasteiger charge is -2.26. The van der Waals surface area contributed by atoms with Crippen molar-refractivity contribution in [1.82, 2.24) is 0 Å². The number of benzene rings is 1. The van der Waals surface area contributed by atoms with Crippen LogP contribution in [0.25, 0.3) is 0 Å². The van der Waals surface area contributed by atoms with Crippen molar-refractivity contribution in [2.45, 2.75) is 31.2 Å². The Kier molecular flexibility index (Phi) is 3.00. The maximum Gasteiger partial charge on any atom is 0.329 e. The summed E-state index contributed by atoms with van der Waals surface area (Å²) >= 11 is 0. The van der Waals surface area contributed by atoms with E-state index >= 15 is 0 Å². The third kappa shape index (κ3) is 2.23. The van der Waals surface area contributed by atoms with Gasteiger partial charge in [-0.05, 0) is 25.0 Å². The van der Waals surface area contributed by atoms with Crippen LogP contribution in [0.15, 0.2) is 18.2 Å². The lowest BCUT2D eigenvalue weighted by atomic mass is 9.97. The van der Waals surface area contributed by atoms with Crippen LogP contribution >= 0.6 is 0 Å². The summed E-state index contributed by atoms with van der Waals surface area (Å²) in [5, 5.41) is 12.0. The molecule has 1 aliphatic rings. The van der Waals surface area contributed by atoms with Crippen LogP contribution in [0.3, 0.4) is 0 Å². The van der Waals surface area contributed by atoms with Gasteiger partial charge in [0, 0.05) is 11.8 Å². The van der Waals surface area contributed by atoms with E-state index in [1.54, 1.807) is 0 Å². The molecule has 1 aromatic rings. The van der Waals surface area contributed by atoms with Crippen LogP contribution in [-0.2, 0) is 4.79 Å². The molecule has 1 aromatic carbocycles. The molecule has 0 heterocycles. The molecule has 2 rings (SSSR count). The van der Waals surface area contributed by atoms with Crippen molar-refractivity contribution in [2.24, 2.45) is 0 Å². The summed E-state index contributed by atoms with van der Waals surface area (Å²) in [6.45, 7) is 0. The minimum atomic E-state index is -1.04. The third-order valence-corrected chi connectivity index (χ3v) is 3.17. The van der Waals surface area contributed by atoms with Gasteiger partial charge in [-0.1, -0.05) is 12.8 Å². The first-order chi connectivity index (χ1) is 8.03. The quantitative estimate of drug-likeness (QED) is 0.855. The molecule has 0 radical (unpaired) electrons. The highest BCUT2D eigenvalue weighted by Gasteiger charge is 2.41. The zero-order chi connectivity index (χ0) is 12.5. The molecule has 1 fully saturated rings. The summed E-state index contributed by atoms with van der Waals surface area (Å²) in [6.07, 6.45) is 2.65. The Morgan fingerprint density at radius 3 is 2.41 bits per heavy atom. The van der Waals surface area contributed by atoms with Crippen molar-refractivity contribution in [1.29, 1.82) is 0 Å². The second kappa shape index (κ2) is 4.31. The number of carboxylic acid groups (broad SMARTS) is 1. The highest BCUT2D eigenvalue weighted by molar-refractivity contribution is 5.83. The Labute approximate surface area is 97.5 Å². The topological polar surface area (TPSA) is 49.3 Å². The second-order valence-electron chi connectivity index (χ2n) is 4.35. The van der Waals surface area contributed by atoms with Gasteiger partial charge in [0.05, 0.1) is 0 Å². The van der Waals surface area contributed by atoms with E-state index in [1.807, 2.05) is 0 Å². The number of rotatable bonds is 3. The fraction of sp³-hybridized carbons (Fsp3) is 0.417. The molecule has 0 atom stereocenters. The first-order valence-corrected chi connectivity index (χ1v) is 5.50. The molecule has 0 saturated heterocycles. The predicted octanol–water partition coefficient (Wildman–Crippen LogP) is 2.77.